The van der Waals surface area contributed by atoms with Crippen molar-refractivity contribution in [2.45, 2.75) is 6.54 Å². The lowest BCUT2D eigenvalue weighted by molar-refractivity contribution is 0.0600. The first-order chi connectivity index (χ1) is 9.20. The van der Waals surface area contributed by atoms with Gasteiger partial charge in [0.2, 0.25) is 0 Å². The molecule has 0 bridgehead atoms. The molecule has 1 N–H and O–H groups in total. The molecule has 0 saturated heterocycles. The maximum Gasteiger partial charge on any atom is 0.337 e. The van der Waals surface area contributed by atoms with E-state index in [-0.39, 0.29) is 11.9 Å². The molecule has 1 amide bonds. The van der Waals surface area contributed by atoms with Crippen LogP contribution in [0, 0.1) is 0 Å². The van der Waals surface area contributed by atoms with Gasteiger partial charge in [0.25, 0.3) is 5.91 Å². The summed E-state index contributed by atoms with van der Waals surface area (Å²) in [5.41, 5.74) is 2.09. The second kappa shape index (κ2) is 6.15. The van der Waals surface area contributed by atoms with E-state index < -0.39 is 0 Å². The summed E-state index contributed by atoms with van der Waals surface area (Å²) in [4.78, 5) is 23.0. The van der Waals surface area contributed by atoms with Crippen LogP contribution >= 0.6 is 11.3 Å². The van der Waals surface area contributed by atoms with Crippen LogP contribution in [0.4, 0.5) is 0 Å². The highest BCUT2D eigenvalue weighted by Gasteiger charge is 2.06. The summed E-state index contributed by atoms with van der Waals surface area (Å²) in [6.45, 7) is 0.427. The topological polar surface area (TPSA) is 55.4 Å². The third-order valence-corrected chi connectivity index (χ3v) is 3.29. The Bertz CT molecular complexity index is 561. The van der Waals surface area contributed by atoms with Crippen LogP contribution in [0.3, 0.4) is 0 Å². The van der Waals surface area contributed by atoms with Gasteiger partial charge in [-0.1, -0.05) is 12.1 Å². The molecule has 0 aliphatic rings. The Balaban J connectivity index is 1.93. The molecule has 1 heterocycles. The van der Waals surface area contributed by atoms with Crippen LogP contribution in [-0.2, 0) is 11.3 Å². The van der Waals surface area contributed by atoms with E-state index in [9.17, 15) is 9.59 Å². The average Bonchev–Trinajstić information content (AvgIpc) is 2.98. The molecule has 0 fully saturated rings. The molecule has 2 aromatic rings. The molecule has 19 heavy (non-hydrogen) atoms. The number of hydrogen-bond donors (Lipinski definition) is 1. The van der Waals surface area contributed by atoms with Crippen LogP contribution in [0.2, 0.25) is 0 Å². The molecule has 1 aromatic heterocycles. The van der Waals surface area contributed by atoms with Crippen molar-refractivity contribution < 1.29 is 14.3 Å². The number of methoxy groups -OCH3 is 1. The molecule has 98 valence electrons. The molecule has 5 heteroatoms. The molecule has 0 unspecified atom stereocenters. The van der Waals surface area contributed by atoms with E-state index in [4.69, 9.17) is 0 Å². The SMILES string of the molecule is COC(=O)c1ccc(CNC(=O)c2ccsc2)cc1. The third kappa shape index (κ3) is 3.42. The fraction of sp³-hybridized carbons (Fsp3) is 0.143. The van der Waals surface area contributed by atoms with E-state index in [1.165, 1.54) is 18.4 Å². The molecule has 0 saturated carbocycles. The first kappa shape index (κ1) is 13.3. The lowest BCUT2D eigenvalue weighted by Crippen LogP contribution is -2.22. The van der Waals surface area contributed by atoms with Gasteiger partial charge in [0.05, 0.1) is 12.7 Å². The van der Waals surface area contributed by atoms with Gasteiger partial charge >= 0.3 is 5.97 Å². The average molecular weight is 275 g/mol. The monoisotopic (exact) mass is 275 g/mol. The Labute approximate surface area is 115 Å². The smallest absolute Gasteiger partial charge is 0.337 e. The van der Waals surface area contributed by atoms with Gasteiger partial charge in [-0.15, -0.1) is 0 Å². The highest BCUT2D eigenvalue weighted by molar-refractivity contribution is 7.08. The third-order valence-electron chi connectivity index (χ3n) is 2.61. The van der Waals surface area contributed by atoms with Crippen molar-refractivity contribution in [3.05, 3.63) is 57.8 Å². The number of hydrogen-bond acceptors (Lipinski definition) is 4. The van der Waals surface area contributed by atoms with E-state index >= 15 is 0 Å². The van der Waals surface area contributed by atoms with Gasteiger partial charge < -0.3 is 10.1 Å². The van der Waals surface area contributed by atoms with Crippen LogP contribution < -0.4 is 5.32 Å². The van der Waals surface area contributed by atoms with Gasteiger partial charge in [-0.25, -0.2) is 4.79 Å². The Morgan fingerprint density at radius 3 is 2.47 bits per heavy atom. The van der Waals surface area contributed by atoms with Crippen LogP contribution in [-0.4, -0.2) is 19.0 Å². The van der Waals surface area contributed by atoms with E-state index in [0.717, 1.165) is 5.56 Å². The lowest BCUT2D eigenvalue weighted by Gasteiger charge is -2.05. The fourth-order valence-electron chi connectivity index (χ4n) is 1.55. The Hall–Kier alpha value is -2.14. The van der Waals surface area contributed by atoms with Crippen molar-refractivity contribution in [2.75, 3.05) is 7.11 Å². The zero-order valence-electron chi connectivity index (χ0n) is 10.4. The second-order valence-corrected chi connectivity index (χ2v) is 4.66. The highest BCUT2D eigenvalue weighted by atomic mass is 32.1. The maximum absolute atomic E-state index is 11.7. The largest absolute Gasteiger partial charge is 0.465 e. The summed E-state index contributed by atoms with van der Waals surface area (Å²) in [6.07, 6.45) is 0. The van der Waals surface area contributed by atoms with Crippen molar-refractivity contribution in [3.63, 3.8) is 0 Å². The van der Waals surface area contributed by atoms with E-state index in [0.29, 0.717) is 17.7 Å². The molecule has 4 nitrogen and oxygen atoms in total. The number of carbonyl (C=O) groups is 2. The van der Waals surface area contributed by atoms with Crippen LogP contribution in [0.5, 0.6) is 0 Å². The zero-order valence-corrected chi connectivity index (χ0v) is 11.2. The minimum Gasteiger partial charge on any atom is -0.465 e. The van der Waals surface area contributed by atoms with Crippen molar-refractivity contribution in [1.82, 2.24) is 5.32 Å². The summed E-state index contributed by atoms with van der Waals surface area (Å²) in [5.74, 6) is -0.466. The normalized spacial score (nSPS) is 9.95. The number of carbonyl (C=O) groups excluding carboxylic acids is 2. The van der Waals surface area contributed by atoms with Crippen molar-refractivity contribution in [2.24, 2.45) is 0 Å². The number of ether oxygens (including phenoxy) is 1. The van der Waals surface area contributed by atoms with Gasteiger partial charge in [0.15, 0.2) is 0 Å². The molecule has 0 radical (unpaired) electrons. The number of thiophene rings is 1. The summed E-state index contributed by atoms with van der Waals surface area (Å²) in [6, 6.07) is 8.72. The summed E-state index contributed by atoms with van der Waals surface area (Å²) < 4.78 is 4.62. The van der Waals surface area contributed by atoms with Crippen LogP contribution in [0.25, 0.3) is 0 Å². The van der Waals surface area contributed by atoms with Crippen LogP contribution in [0.1, 0.15) is 26.3 Å². The van der Waals surface area contributed by atoms with E-state index in [1.807, 2.05) is 5.38 Å². The Kier molecular flexibility index (Phi) is 4.30. The van der Waals surface area contributed by atoms with Gasteiger partial charge in [-0.2, -0.15) is 11.3 Å². The lowest BCUT2D eigenvalue weighted by atomic mass is 10.1. The molecular weight excluding hydrogens is 262 g/mol. The highest BCUT2D eigenvalue weighted by Crippen LogP contribution is 2.08. The Morgan fingerprint density at radius 2 is 1.89 bits per heavy atom. The maximum atomic E-state index is 11.7. The predicted molar refractivity (Wildman–Crippen MR) is 73.3 cm³/mol. The standard InChI is InChI=1S/C14H13NO3S/c1-18-14(17)11-4-2-10(3-5-11)8-15-13(16)12-6-7-19-9-12/h2-7,9H,8H2,1H3,(H,15,16). The number of nitrogens with one attached hydrogen (secondary N) is 1. The van der Waals surface area contributed by atoms with Gasteiger partial charge in [-0.05, 0) is 29.1 Å². The first-order valence-corrected chi connectivity index (χ1v) is 6.62. The number of amides is 1. The number of esters is 1. The summed E-state index contributed by atoms with van der Waals surface area (Å²) in [5, 5.41) is 6.48. The van der Waals surface area contributed by atoms with E-state index in [2.05, 4.69) is 10.1 Å². The number of rotatable bonds is 4. The molecular formula is C14H13NO3S. The summed E-state index contributed by atoms with van der Waals surface area (Å²) >= 11 is 1.49. The molecule has 1 aromatic carbocycles. The first-order valence-electron chi connectivity index (χ1n) is 5.68. The Morgan fingerprint density at radius 1 is 1.16 bits per heavy atom. The molecule has 2 rings (SSSR count). The van der Waals surface area contributed by atoms with E-state index in [1.54, 1.807) is 35.7 Å². The zero-order chi connectivity index (χ0) is 13.7. The van der Waals surface area contributed by atoms with Crippen molar-refractivity contribution >= 4 is 23.2 Å². The van der Waals surface area contributed by atoms with Crippen molar-refractivity contribution in [3.8, 4) is 0 Å². The number of benzene rings is 1. The molecule has 0 spiro atoms. The van der Waals surface area contributed by atoms with Gasteiger partial charge in [0, 0.05) is 17.5 Å². The minimum absolute atomic E-state index is 0.0988. The minimum atomic E-state index is -0.367. The van der Waals surface area contributed by atoms with Crippen molar-refractivity contribution in [1.29, 1.82) is 0 Å². The van der Waals surface area contributed by atoms with Crippen LogP contribution in [0.15, 0.2) is 41.1 Å². The van der Waals surface area contributed by atoms with Gasteiger partial charge in [0.1, 0.15) is 0 Å². The predicted octanol–water partition coefficient (Wildman–Crippen LogP) is 2.46. The summed E-state index contributed by atoms with van der Waals surface area (Å²) in [7, 11) is 1.34. The second-order valence-electron chi connectivity index (χ2n) is 3.88. The molecule has 0 atom stereocenters. The fourth-order valence-corrected chi connectivity index (χ4v) is 2.19. The van der Waals surface area contributed by atoms with Gasteiger partial charge in [-0.3, -0.25) is 4.79 Å². The quantitative estimate of drug-likeness (QED) is 0.872. The molecule has 0 aliphatic heterocycles. The molecule has 0 aliphatic carbocycles.